The Bertz CT molecular complexity index is 1510. The first-order valence-corrected chi connectivity index (χ1v) is 13.0. The average molecular weight is 493 g/mol. The molecule has 0 amide bonds. The fraction of sp³-hybridized carbons (Fsp3) is 0.448. The third-order valence-electron chi connectivity index (χ3n) is 7.93. The van der Waals surface area contributed by atoms with E-state index in [0.717, 1.165) is 46.2 Å². The molecule has 1 atom stereocenters. The van der Waals surface area contributed by atoms with Gasteiger partial charge in [-0.3, -0.25) is 4.98 Å². The predicted molar refractivity (Wildman–Crippen MR) is 142 cm³/mol. The molecule has 8 nitrogen and oxygen atoms in total. The van der Waals surface area contributed by atoms with E-state index in [4.69, 9.17) is 0 Å². The Morgan fingerprint density at radius 2 is 2.00 bits per heavy atom. The number of nitrogens with one attached hydrogen (secondary N) is 1. The number of benzene rings is 1. The van der Waals surface area contributed by atoms with Crippen molar-refractivity contribution in [3.05, 3.63) is 71.1 Å². The number of nitriles is 1. The molecule has 4 aromatic rings. The van der Waals surface area contributed by atoms with E-state index in [2.05, 4.69) is 80.4 Å². The van der Waals surface area contributed by atoms with Crippen LogP contribution in [0.3, 0.4) is 0 Å². The summed E-state index contributed by atoms with van der Waals surface area (Å²) in [6.07, 6.45) is 9.80. The number of anilines is 1. The highest BCUT2D eigenvalue weighted by atomic mass is 15.5. The molecule has 37 heavy (non-hydrogen) atoms. The van der Waals surface area contributed by atoms with Gasteiger partial charge < -0.3 is 5.32 Å². The van der Waals surface area contributed by atoms with Crippen LogP contribution in [0, 0.1) is 29.6 Å². The molecule has 0 unspecified atom stereocenters. The highest BCUT2D eigenvalue weighted by molar-refractivity contribution is 5.93. The maximum atomic E-state index is 9.99. The minimum atomic E-state index is -0.0330. The first kappa shape index (κ1) is 23.5. The summed E-state index contributed by atoms with van der Waals surface area (Å²) in [6.45, 7) is 9.33. The second-order valence-corrected chi connectivity index (χ2v) is 12.0. The summed E-state index contributed by atoms with van der Waals surface area (Å²) in [4.78, 5) is 13.5. The molecule has 188 valence electrons. The van der Waals surface area contributed by atoms with Crippen LogP contribution >= 0.6 is 0 Å². The first-order chi connectivity index (χ1) is 17.7. The van der Waals surface area contributed by atoms with Gasteiger partial charge in [-0.05, 0) is 73.3 Å². The van der Waals surface area contributed by atoms with Gasteiger partial charge in [-0.1, -0.05) is 32.1 Å². The van der Waals surface area contributed by atoms with Crippen molar-refractivity contribution in [2.75, 3.05) is 11.9 Å². The summed E-state index contributed by atoms with van der Waals surface area (Å²) in [6, 6.07) is 10.5. The van der Waals surface area contributed by atoms with E-state index in [1.165, 1.54) is 25.6 Å². The summed E-state index contributed by atoms with van der Waals surface area (Å²) in [7, 11) is 0. The molecule has 3 aliphatic rings. The molecule has 0 spiro atoms. The van der Waals surface area contributed by atoms with Gasteiger partial charge >= 0.3 is 0 Å². The number of nitrogens with zero attached hydrogens (tertiary/aromatic N) is 7. The lowest BCUT2D eigenvalue weighted by Gasteiger charge is -2.61. The molecular formula is C29H32N8. The quantitative estimate of drug-likeness (QED) is 0.381. The second-order valence-electron chi connectivity index (χ2n) is 12.0. The fourth-order valence-electron chi connectivity index (χ4n) is 5.78. The first-order valence-electron chi connectivity index (χ1n) is 13.0. The molecule has 0 aliphatic heterocycles. The van der Waals surface area contributed by atoms with Crippen LogP contribution in [0.4, 0.5) is 5.82 Å². The number of aryl methyl sites for hydroxylation is 1. The van der Waals surface area contributed by atoms with Crippen LogP contribution < -0.4 is 5.32 Å². The lowest BCUT2D eigenvalue weighted by atomic mass is 9.50. The van der Waals surface area contributed by atoms with Crippen molar-refractivity contribution in [1.29, 1.82) is 5.26 Å². The lowest BCUT2D eigenvalue weighted by Crippen LogP contribution is -2.59. The standard InChI is InChI=1S/C29H32N8/c1-18-22(6-5-7-31-18)23(25-15-37(36-35-25)29-11-20(12-29)13-29)9-19-8-21(14-30)26-24(10-19)27(34-17-33-26)32-16-28(2,3)4/h5-8,10,15,17,20,23H,9,11-13,16H2,1-4H3,(H,32,33,34)/t20?,23-,29?/m0/s1. The molecule has 2 bridgehead atoms. The number of pyridine rings is 1. The monoisotopic (exact) mass is 492 g/mol. The fourth-order valence-corrected chi connectivity index (χ4v) is 5.78. The van der Waals surface area contributed by atoms with Crippen LogP contribution in [0.1, 0.15) is 74.0 Å². The van der Waals surface area contributed by atoms with Crippen LogP contribution in [0.25, 0.3) is 10.9 Å². The van der Waals surface area contributed by atoms with Crippen LogP contribution in [0.5, 0.6) is 0 Å². The minimum Gasteiger partial charge on any atom is -0.369 e. The van der Waals surface area contributed by atoms with E-state index in [1.54, 1.807) is 0 Å². The number of hydrogen-bond acceptors (Lipinski definition) is 7. The van der Waals surface area contributed by atoms with E-state index >= 15 is 0 Å². The number of hydrogen-bond donors (Lipinski definition) is 1. The maximum Gasteiger partial charge on any atom is 0.137 e. The van der Waals surface area contributed by atoms with Crippen molar-refractivity contribution >= 4 is 16.7 Å². The molecule has 1 N–H and O–H groups in total. The number of rotatable bonds is 7. The van der Waals surface area contributed by atoms with E-state index in [0.29, 0.717) is 17.5 Å². The summed E-state index contributed by atoms with van der Waals surface area (Å²) in [5.74, 6) is 1.59. The van der Waals surface area contributed by atoms with E-state index in [9.17, 15) is 5.26 Å². The largest absolute Gasteiger partial charge is 0.369 e. The molecule has 0 saturated heterocycles. The normalized spacial score (nSPS) is 21.1. The SMILES string of the molecule is Cc1ncccc1[C@H](Cc1cc(C#N)c2ncnc(NCC(C)(C)C)c2c1)c1cn(C23CC(C2)C3)nn1. The molecule has 3 fully saturated rings. The third-order valence-corrected chi connectivity index (χ3v) is 7.93. The van der Waals surface area contributed by atoms with E-state index in [1.807, 2.05) is 25.3 Å². The second kappa shape index (κ2) is 8.62. The van der Waals surface area contributed by atoms with Crippen LogP contribution in [-0.4, -0.2) is 36.5 Å². The third kappa shape index (κ3) is 4.22. The molecule has 3 aliphatic carbocycles. The van der Waals surface area contributed by atoms with Gasteiger partial charge in [0.05, 0.1) is 22.3 Å². The summed E-state index contributed by atoms with van der Waals surface area (Å²) in [5, 5.41) is 23.6. The molecule has 0 radical (unpaired) electrons. The summed E-state index contributed by atoms with van der Waals surface area (Å²) < 4.78 is 2.10. The molecule has 3 heterocycles. The maximum absolute atomic E-state index is 9.99. The van der Waals surface area contributed by atoms with Crippen molar-refractivity contribution < 1.29 is 0 Å². The van der Waals surface area contributed by atoms with Crippen LogP contribution in [0.15, 0.2) is 43.0 Å². The zero-order chi connectivity index (χ0) is 25.8. The van der Waals surface area contributed by atoms with Crippen molar-refractivity contribution in [3.63, 3.8) is 0 Å². The molecule has 7 rings (SSSR count). The van der Waals surface area contributed by atoms with Gasteiger partial charge in [-0.2, -0.15) is 5.26 Å². The Balaban J connectivity index is 1.41. The Morgan fingerprint density at radius 3 is 2.68 bits per heavy atom. The van der Waals surface area contributed by atoms with Crippen molar-refractivity contribution in [2.24, 2.45) is 11.3 Å². The minimum absolute atomic E-state index is 0.0330. The zero-order valence-electron chi connectivity index (χ0n) is 21.9. The average Bonchev–Trinajstić information content (AvgIpc) is 3.28. The van der Waals surface area contributed by atoms with E-state index < -0.39 is 0 Å². The Labute approximate surface area is 217 Å². The van der Waals surface area contributed by atoms with Gasteiger partial charge in [0.2, 0.25) is 0 Å². The highest BCUT2D eigenvalue weighted by Gasteiger charge is 2.58. The zero-order valence-corrected chi connectivity index (χ0v) is 21.9. The lowest BCUT2D eigenvalue weighted by molar-refractivity contribution is -0.0989. The van der Waals surface area contributed by atoms with Gasteiger partial charge in [-0.15, -0.1) is 5.10 Å². The molecule has 8 heteroatoms. The molecule has 1 aromatic carbocycles. The van der Waals surface area contributed by atoms with Gasteiger partial charge in [0.15, 0.2) is 0 Å². The summed E-state index contributed by atoms with van der Waals surface area (Å²) in [5.41, 5.74) is 5.56. The van der Waals surface area contributed by atoms with Gasteiger partial charge in [0.25, 0.3) is 0 Å². The summed E-state index contributed by atoms with van der Waals surface area (Å²) >= 11 is 0. The predicted octanol–water partition coefficient (Wildman–Crippen LogP) is 5.14. The van der Waals surface area contributed by atoms with Crippen molar-refractivity contribution in [2.45, 2.75) is 64.8 Å². The van der Waals surface area contributed by atoms with Crippen molar-refractivity contribution in [1.82, 2.24) is 29.9 Å². The Hall–Kier alpha value is -3.86. The highest BCUT2D eigenvalue weighted by Crippen LogP contribution is 2.62. The number of aromatic nitrogens is 6. The molecular weight excluding hydrogens is 460 g/mol. The smallest absolute Gasteiger partial charge is 0.137 e. The Kier molecular flexibility index (Phi) is 5.48. The van der Waals surface area contributed by atoms with Gasteiger partial charge in [-0.25, -0.2) is 14.6 Å². The van der Waals surface area contributed by atoms with Crippen LogP contribution in [0.2, 0.25) is 0 Å². The van der Waals surface area contributed by atoms with Gasteiger partial charge in [0.1, 0.15) is 18.2 Å². The Morgan fingerprint density at radius 1 is 1.19 bits per heavy atom. The number of fused-ring (bicyclic) bond motifs is 1. The topological polar surface area (TPSA) is 105 Å². The van der Waals surface area contributed by atoms with Crippen molar-refractivity contribution in [3.8, 4) is 6.07 Å². The van der Waals surface area contributed by atoms with E-state index in [-0.39, 0.29) is 16.9 Å². The van der Waals surface area contributed by atoms with Gasteiger partial charge in [0, 0.05) is 35.9 Å². The molecule has 3 saturated carbocycles. The van der Waals surface area contributed by atoms with Crippen LogP contribution in [-0.2, 0) is 12.0 Å². The molecule has 3 aromatic heterocycles.